The lowest BCUT2D eigenvalue weighted by molar-refractivity contribution is -0.119. The number of anilines is 4. The SMILES string of the molecule is CCC(=O)N1CCc2cc(-c3ccc(C(=O)CCc4cccnc4)c(C)c3)ccc21.CCC(=O)N1CCc2cc(-c3ccc(C(=O)CCc4cccnc4)c(OC)c3)ccc21.CCC(=O)N1CCc2cc(-c3ccc(C(=O)CCc4cccnc4)cc3C)ccc21.CCC(=O)N1CCc2cc(-c3ccc(C(=O)CCc4cccnc4)cc3OC)ccc21. The molecule has 0 fully saturated rings. The molecule has 0 aliphatic carbocycles. The van der Waals surface area contributed by atoms with Crippen LogP contribution < -0.4 is 29.1 Å². The number of methoxy groups -OCH3 is 2. The molecule has 0 unspecified atom stereocenters. The van der Waals surface area contributed by atoms with Crippen LogP contribution in [-0.4, -0.2) is 107 Å². The lowest BCUT2D eigenvalue weighted by Crippen LogP contribution is -2.27. The second-order valence-electron chi connectivity index (χ2n) is 31.0. The molecule has 4 aliphatic rings. The van der Waals surface area contributed by atoms with E-state index in [0.29, 0.717) is 99.7 Å². The van der Waals surface area contributed by atoms with Gasteiger partial charge in [0.1, 0.15) is 11.5 Å². The zero-order chi connectivity index (χ0) is 85.8. The topological polar surface area (TPSA) is 220 Å². The lowest BCUT2D eigenvalue weighted by Gasteiger charge is -2.17. The Kier molecular flexibility index (Phi) is 29.0. The number of pyridine rings is 4. The maximum absolute atomic E-state index is 12.8. The van der Waals surface area contributed by atoms with Crippen LogP contribution in [-0.2, 0) is 70.5 Å². The highest BCUT2D eigenvalue weighted by atomic mass is 16.5. The summed E-state index contributed by atoms with van der Waals surface area (Å²) in [6.07, 6.45) is 24.2. The minimum atomic E-state index is 0.0509. The monoisotopic (exact) mass is 1620 g/mol. The number of ether oxygens (including phenoxy) is 2. The molecule has 0 atom stereocenters. The van der Waals surface area contributed by atoms with E-state index in [1.54, 1.807) is 51.4 Å². The summed E-state index contributed by atoms with van der Waals surface area (Å²) in [6, 6.07) is 63.8. The van der Waals surface area contributed by atoms with E-state index in [1.165, 1.54) is 16.7 Å². The van der Waals surface area contributed by atoms with E-state index >= 15 is 0 Å². The normalized spacial score (nSPS) is 12.6. The first-order valence-electron chi connectivity index (χ1n) is 42.3. The number of hydrogen-bond donors (Lipinski definition) is 0. The first kappa shape index (κ1) is 86.4. The van der Waals surface area contributed by atoms with Crippen molar-refractivity contribution in [1.82, 2.24) is 19.9 Å². The zero-order valence-electron chi connectivity index (χ0n) is 70.9. The number of benzene rings is 8. The molecule has 0 bridgehead atoms. The van der Waals surface area contributed by atoms with Gasteiger partial charge in [-0.15, -0.1) is 0 Å². The fourth-order valence-corrected chi connectivity index (χ4v) is 16.4. The summed E-state index contributed by atoms with van der Waals surface area (Å²) < 4.78 is 11.2. The number of ketones is 4. The van der Waals surface area contributed by atoms with Gasteiger partial charge in [-0.1, -0.05) is 119 Å². The van der Waals surface area contributed by atoms with Crippen molar-refractivity contribution in [1.29, 1.82) is 0 Å². The summed E-state index contributed by atoms with van der Waals surface area (Å²) in [4.78, 5) is 123. The van der Waals surface area contributed by atoms with Gasteiger partial charge in [0.25, 0.3) is 0 Å². The molecule has 12 aromatic rings. The Balaban J connectivity index is 0.000000140. The molecule has 16 rings (SSSR count). The van der Waals surface area contributed by atoms with E-state index in [0.717, 1.165) is 169 Å². The highest BCUT2D eigenvalue weighted by molar-refractivity contribution is 6.03. The number of rotatable bonds is 26. The summed E-state index contributed by atoms with van der Waals surface area (Å²) in [5.41, 5.74) is 26.4. The third-order valence-corrected chi connectivity index (χ3v) is 23.2. The number of hydrogen-bond acceptors (Lipinski definition) is 14. The minimum Gasteiger partial charge on any atom is -0.496 e. The average molecular weight is 1630 g/mol. The number of nitrogens with zero attached hydrogens (tertiary/aromatic N) is 8. The molecule has 0 N–H and O–H groups in total. The van der Waals surface area contributed by atoms with Crippen molar-refractivity contribution in [2.75, 3.05) is 60.0 Å². The van der Waals surface area contributed by atoms with Crippen molar-refractivity contribution in [3.63, 3.8) is 0 Å². The summed E-state index contributed by atoms with van der Waals surface area (Å²) in [5, 5.41) is 0. The summed E-state index contributed by atoms with van der Waals surface area (Å²) in [5.74, 6) is 2.34. The van der Waals surface area contributed by atoms with Crippen LogP contribution in [0, 0.1) is 13.8 Å². The number of aryl methyl sites for hydroxylation is 6. The number of carbonyl (C=O) groups is 8. The molecule has 0 saturated heterocycles. The second-order valence-corrected chi connectivity index (χ2v) is 31.0. The van der Waals surface area contributed by atoms with Crippen molar-refractivity contribution in [3.05, 3.63) is 322 Å². The van der Waals surface area contributed by atoms with E-state index in [-0.39, 0.29) is 46.8 Å². The Hall–Kier alpha value is -13.5. The van der Waals surface area contributed by atoms with Crippen LogP contribution in [0.2, 0.25) is 0 Å². The molecule has 4 aliphatic heterocycles. The van der Waals surface area contributed by atoms with Crippen LogP contribution in [0.15, 0.2) is 244 Å². The summed E-state index contributed by atoms with van der Waals surface area (Å²) in [6.45, 7) is 14.6. The van der Waals surface area contributed by atoms with Gasteiger partial charge in [-0.3, -0.25) is 58.3 Å². The van der Waals surface area contributed by atoms with Gasteiger partial charge in [0.05, 0.1) is 19.8 Å². The van der Waals surface area contributed by atoms with Crippen molar-refractivity contribution in [2.45, 2.75) is 144 Å². The van der Waals surface area contributed by atoms with Crippen LogP contribution in [0.25, 0.3) is 44.5 Å². The van der Waals surface area contributed by atoms with Crippen molar-refractivity contribution >= 4 is 69.5 Å². The quantitative estimate of drug-likeness (QED) is 0.0461. The first-order chi connectivity index (χ1) is 59.3. The van der Waals surface area contributed by atoms with E-state index in [4.69, 9.17) is 9.47 Å². The van der Waals surface area contributed by atoms with Gasteiger partial charge in [-0.2, -0.15) is 0 Å². The molecule has 122 heavy (non-hydrogen) atoms. The standard InChI is InChI=1S/2C26H26N2O3.2C26H26N2O2/c1-3-26(30)28-14-12-20-15-19(8-10-23(20)28)22-9-7-21(16-25(22)31-2)24(29)11-6-18-5-4-13-27-17-18;1-3-26(30)28-14-12-21-15-19(8-10-23(21)28)20-7-9-22(25(16-20)31-2)24(29)11-6-18-5-4-13-27-17-18;1-3-26(30)28-14-12-21-16-20(8-10-24(21)28)23-9-7-22(15-18(23)2)25(29)11-6-19-5-4-13-27-17-19;1-3-26(30)28-14-12-22-16-21(8-10-24(22)28)20-7-9-23(18(2)15-20)25(29)11-6-19-5-4-13-27-17-19/h2*4-5,7-10,13,15-17H,3,6,11-12,14H2,1-2H3;2*4-5,7-10,13,15-17H,3,6,11-12,14H2,1-2H3. The number of Topliss-reactive ketones (excluding diaryl/α,β-unsaturated/α-hetero) is 4. The fraction of sp³-hybridized carbons (Fsp3) is 0.269. The Bertz CT molecular complexity index is 5820. The molecule has 4 amide bonds. The number of carbonyl (C=O) groups excluding carboxylic acids is 8. The maximum atomic E-state index is 12.8. The van der Waals surface area contributed by atoms with Gasteiger partial charge >= 0.3 is 0 Å². The van der Waals surface area contributed by atoms with Gasteiger partial charge in [0.15, 0.2) is 23.1 Å². The van der Waals surface area contributed by atoms with Crippen molar-refractivity contribution in [2.24, 2.45) is 0 Å². The molecule has 8 aromatic carbocycles. The van der Waals surface area contributed by atoms with Crippen LogP contribution in [0.4, 0.5) is 22.7 Å². The zero-order valence-corrected chi connectivity index (χ0v) is 70.9. The molecule has 4 aromatic heterocycles. The predicted octanol–water partition coefficient (Wildman–Crippen LogP) is 20.1. The maximum Gasteiger partial charge on any atom is 0.226 e. The molecule has 0 spiro atoms. The largest absolute Gasteiger partial charge is 0.496 e. The molecule has 0 radical (unpaired) electrons. The molecule has 620 valence electrons. The van der Waals surface area contributed by atoms with Crippen LogP contribution >= 0.6 is 0 Å². The molecule has 18 heteroatoms. The minimum absolute atomic E-state index is 0.0509. The molecule has 0 saturated carbocycles. The highest BCUT2D eigenvalue weighted by Gasteiger charge is 2.29. The van der Waals surface area contributed by atoms with Crippen molar-refractivity contribution in [3.8, 4) is 56.0 Å². The summed E-state index contributed by atoms with van der Waals surface area (Å²) in [7, 11) is 3.21. The van der Waals surface area contributed by atoms with E-state index in [9.17, 15) is 38.4 Å². The second kappa shape index (κ2) is 41.0. The van der Waals surface area contributed by atoms with Gasteiger partial charge in [-0.05, 0) is 263 Å². The molecule has 18 nitrogen and oxygen atoms in total. The number of aromatic nitrogens is 4. The molecule has 8 heterocycles. The van der Waals surface area contributed by atoms with Gasteiger partial charge in [0.2, 0.25) is 23.6 Å². The Morgan fingerprint density at radius 3 is 0.992 bits per heavy atom. The van der Waals surface area contributed by atoms with Gasteiger partial charge in [-0.25, -0.2) is 0 Å². The van der Waals surface area contributed by atoms with Crippen LogP contribution in [0.5, 0.6) is 11.5 Å². The Morgan fingerprint density at radius 2 is 0.631 bits per heavy atom. The van der Waals surface area contributed by atoms with E-state index < -0.39 is 0 Å². The highest BCUT2D eigenvalue weighted by Crippen LogP contribution is 2.41. The Morgan fingerprint density at radius 1 is 0.311 bits per heavy atom. The average Bonchev–Trinajstić information content (AvgIpc) is 1.64. The molecular weight excluding hydrogens is 1520 g/mol. The number of amides is 4. The third kappa shape index (κ3) is 20.8. The van der Waals surface area contributed by atoms with Crippen LogP contribution in [0.3, 0.4) is 0 Å². The van der Waals surface area contributed by atoms with E-state index in [1.807, 2.05) is 219 Å². The summed E-state index contributed by atoms with van der Waals surface area (Å²) >= 11 is 0. The number of fused-ring (bicyclic) bond motifs is 4. The van der Waals surface area contributed by atoms with E-state index in [2.05, 4.69) is 68.5 Å². The third-order valence-electron chi connectivity index (χ3n) is 23.2. The fourth-order valence-electron chi connectivity index (χ4n) is 16.4. The van der Waals surface area contributed by atoms with Gasteiger partial charge < -0.3 is 29.1 Å². The smallest absolute Gasteiger partial charge is 0.226 e. The predicted molar refractivity (Wildman–Crippen MR) is 483 cm³/mol. The van der Waals surface area contributed by atoms with Gasteiger partial charge in [0, 0.05) is 172 Å². The lowest BCUT2D eigenvalue weighted by atomic mass is 9.94. The van der Waals surface area contributed by atoms with Crippen molar-refractivity contribution < 1.29 is 47.8 Å². The Labute approximate surface area is 715 Å². The molecular formula is C104H104N8O10. The first-order valence-corrected chi connectivity index (χ1v) is 42.3. The van der Waals surface area contributed by atoms with Crippen LogP contribution in [0.1, 0.15) is 176 Å².